The normalized spacial score (nSPS) is 14.4. The number of carbonyl (C=O) groups is 2. The molecule has 2 heterocycles. The van der Waals surface area contributed by atoms with Crippen LogP contribution in [0, 0.1) is 34.5 Å². The van der Waals surface area contributed by atoms with Crippen LogP contribution < -0.4 is 0 Å². The quantitative estimate of drug-likeness (QED) is 0.111. The number of hydrogen-bond donors (Lipinski definition) is 0. The number of nitrogens with zero attached hydrogens (tertiary/aromatic N) is 4. The summed E-state index contributed by atoms with van der Waals surface area (Å²) in [6, 6.07) is 24.4. The zero-order valence-corrected chi connectivity index (χ0v) is 30.4. The van der Waals surface area contributed by atoms with Crippen molar-refractivity contribution in [2.24, 2.45) is 11.8 Å². The van der Waals surface area contributed by atoms with Crippen LogP contribution in [0.5, 0.6) is 0 Å². The van der Waals surface area contributed by atoms with Gasteiger partial charge < -0.3 is 9.47 Å². The van der Waals surface area contributed by atoms with Crippen molar-refractivity contribution in [1.82, 2.24) is 9.47 Å². The summed E-state index contributed by atoms with van der Waals surface area (Å²) >= 11 is 0. The fraction of sp³-hybridized carbons (Fsp3) is 0.455. The summed E-state index contributed by atoms with van der Waals surface area (Å²) in [4.78, 5) is 30.1. The first kappa shape index (κ1) is 36.6. The van der Waals surface area contributed by atoms with Crippen molar-refractivity contribution >= 4 is 22.6 Å². The lowest BCUT2D eigenvalue weighted by Crippen LogP contribution is -2.34. The summed E-state index contributed by atoms with van der Waals surface area (Å²) in [6.07, 6.45) is 11.0. The smallest absolute Gasteiger partial charge is 0.225 e. The fourth-order valence-electron chi connectivity index (χ4n) is 8.10. The van der Waals surface area contributed by atoms with Gasteiger partial charge in [-0.25, -0.2) is 0 Å². The Balaban J connectivity index is 1.55. The van der Waals surface area contributed by atoms with Crippen molar-refractivity contribution in [1.29, 1.82) is 10.5 Å². The van der Waals surface area contributed by atoms with Crippen LogP contribution in [0.15, 0.2) is 66.9 Å². The molecule has 0 radical (unpaired) electrons. The highest BCUT2D eigenvalue weighted by molar-refractivity contribution is 6.02. The van der Waals surface area contributed by atoms with Gasteiger partial charge in [-0.1, -0.05) is 89.8 Å². The minimum atomic E-state index is -0.131. The summed E-state index contributed by atoms with van der Waals surface area (Å²) in [7, 11) is 0. The number of fused-ring (bicyclic) bond motifs is 1. The van der Waals surface area contributed by atoms with Crippen molar-refractivity contribution in [2.45, 2.75) is 104 Å². The summed E-state index contributed by atoms with van der Waals surface area (Å²) in [6.45, 7) is 10.6. The predicted molar refractivity (Wildman–Crippen MR) is 201 cm³/mol. The van der Waals surface area contributed by atoms with Gasteiger partial charge in [0.2, 0.25) is 5.91 Å². The molecular formula is C44H52N4O2. The Morgan fingerprint density at radius 2 is 1.48 bits per heavy atom. The van der Waals surface area contributed by atoms with E-state index in [-0.39, 0.29) is 23.5 Å². The zero-order chi connectivity index (χ0) is 35.6. The lowest BCUT2D eigenvalue weighted by Gasteiger charge is -2.23. The van der Waals surface area contributed by atoms with Crippen molar-refractivity contribution in [2.75, 3.05) is 13.1 Å². The van der Waals surface area contributed by atoms with Gasteiger partial charge in [0.25, 0.3) is 0 Å². The van der Waals surface area contributed by atoms with Crippen LogP contribution in [-0.2, 0) is 17.8 Å². The maximum absolute atomic E-state index is 14.4. The Kier molecular flexibility index (Phi) is 12.7. The van der Waals surface area contributed by atoms with Gasteiger partial charge in [0.05, 0.1) is 23.3 Å². The third-order valence-corrected chi connectivity index (χ3v) is 10.6. The molecule has 0 bridgehead atoms. The lowest BCUT2D eigenvalue weighted by molar-refractivity contribution is -0.135. The highest BCUT2D eigenvalue weighted by atomic mass is 16.2. The second-order valence-corrected chi connectivity index (χ2v) is 14.1. The molecule has 6 heteroatoms. The standard InChI is InChI=1S/C44H52N4O2/c1-5-11-33(12-6-2)43(49)42-35(27-46)21-22-36(39(42)25-31-17-19-32(26-45)20-18-31)29-48-30-40(38-15-9-10-16-41(38)48)37-23-24-47(28-37)44(50)34(13-7-3)14-8-4/h9-10,15-22,30,33-34,37H,5-8,11-14,23-25,28-29H2,1-4H3. The molecule has 6 nitrogen and oxygen atoms in total. The van der Waals surface area contributed by atoms with E-state index in [1.165, 1.54) is 10.9 Å². The number of hydrogen-bond acceptors (Lipinski definition) is 4. The van der Waals surface area contributed by atoms with Crippen molar-refractivity contribution in [3.8, 4) is 12.1 Å². The molecule has 1 amide bonds. The number of likely N-dealkylation sites (tertiary alicyclic amines) is 1. The number of para-hydroxylation sites is 1. The van der Waals surface area contributed by atoms with E-state index < -0.39 is 0 Å². The van der Waals surface area contributed by atoms with E-state index in [0.717, 1.165) is 93.1 Å². The van der Waals surface area contributed by atoms with Gasteiger partial charge in [-0.3, -0.25) is 9.59 Å². The molecule has 3 aromatic carbocycles. The Morgan fingerprint density at radius 3 is 2.12 bits per heavy atom. The molecule has 1 aliphatic rings. The highest BCUT2D eigenvalue weighted by Gasteiger charge is 2.33. The summed E-state index contributed by atoms with van der Waals surface area (Å²) < 4.78 is 2.29. The van der Waals surface area contributed by atoms with Crippen molar-refractivity contribution in [3.05, 3.63) is 106 Å². The Hall–Kier alpha value is -4.68. The zero-order valence-electron chi connectivity index (χ0n) is 30.4. The third-order valence-electron chi connectivity index (χ3n) is 10.6. The first-order valence-electron chi connectivity index (χ1n) is 18.8. The molecule has 0 N–H and O–H groups in total. The Morgan fingerprint density at radius 1 is 0.820 bits per heavy atom. The molecular weight excluding hydrogens is 617 g/mol. The first-order chi connectivity index (χ1) is 24.4. The molecule has 1 atom stereocenters. The van der Waals surface area contributed by atoms with Crippen LogP contribution in [0.3, 0.4) is 0 Å². The van der Waals surface area contributed by atoms with E-state index in [2.05, 4.69) is 79.8 Å². The van der Waals surface area contributed by atoms with Crippen LogP contribution in [0.1, 0.15) is 135 Å². The monoisotopic (exact) mass is 668 g/mol. The van der Waals surface area contributed by atoms with E-state index in [0.29, 0.717) is 35.6 Å². The average molecular weight is 669 g/mol. The molecule has 1 aliphatic heterocycles. The Labute approximate surface area is 298 Å². The number of nitriles is 2. The van der Waals surface area contributed by atoms with Gasteiger partial charge in [-0.15, -0.1) is 0 Å². The third kappa shape index (κ3) is 8.03. The van der Waals surface area contributed by atoms with Crippen LogP contribution in [0.4, 0.5) is 0 Å². The van der Waals surface area contributed by atoms with E-state index >= 15 is 0 Å². The van der Waals surface area contributed by atoms with Gasteiger partial charge in [-0.2, -0.15) is 10.5 Å². The molecule has 50 heavy (non-hydrogen) atoms. The molecule has 1 fully saturated rings. The topological polar surface area (TPSA) is 89.9 Å². The van der Waals surface area contributed by atoms with E-state index in [4.69, 9.17) is 0 Å². The van der Waals surface area contributed by atoms with Gasteiger partial charge in [0.1, 0.15) is 0 Å². The van der Waals surface area contributed by atoms with Crippen LogP contribution >= 0.6 is 0 Å². The summed E-state index contributed by atoms with van der Waals surface area (Å²) in [5.74, 6) is 0.616. The largest absolute Gasteiger partial charge is 0.343 e. The second-order valence-electron chi connectivity index (χ2n) is 14.1. The maximum atomic E-state index is 14.4. The number of aromatic nitrogens is 1. The molecule has 0 spiro atoms. The average Bonchev–Trinajstić information content (AvgIpc) is 3.77. The Bertz CT molecular complexity index is 1860. The second kappa shape index (κ2) is 17.3. The lowest BCUT2D eigenvalue weighted by atomic mass is 9.82. The van der Waals surface area contributed by atoms with E-state index in [9.17, 15) is 20.1 Å². The van der Waals surface area contributed by atoms with Gasteiger partial charge >= 0.3 is 0 Å². The van der Waals surface area contributed by atoms with Crippen LogP contribution in [0.25, 0.3) is 10.9 Å². The van der Waals surface area contributed by atoms with Crippen LogP contribution in [-0.4, -0.2) is 34.2 Å². The molecule has 260 valence electrons. The summed E-state index contributed by atoms with van der Waals surface area (Å²) in [5.41, 5.74) is 6.87. The number of Topliss-reactive ketones (excluding diaryl/α,β-unsaturated/α-hetero) is 1. The molecule has 1 saturated heterocycles. The van der Waals surface area contributed by atoms with Crippen molar-refractivity contribution in [3.63, 3.8) is 0 Å². The fourth-order valence-corrected chi connectivity index (χ4v) is 8.10. The molecule has 4 aromatic rings. The minimum Gasteiger partial charge on any atom is -0.343 e. The van der Waals surface area contributed by atoms with Gasteiger partial charge in [0, 0.05) is 60.1 Å². The van der Waals surface area contributed by atoms with Gasteiger partial charge in [-0.05, 0) is 85.0 Å². The maximum Gasteiger partial charge on any atom is 0.225 e. The number of benzene rings is 3. The molecule has 1 unspecified atom stereocenters. The van der Waals surface area contributed by atoms with E-state index in [1.807, 2.05) is 36.4 Å². The summed E-state index contributed by atoms with van der Waals surface area (Å²) in [5, 5.41) is 20.9. The minimum absolute atomic E-state index is 0.0639. The van der Waals surface area contributed by atoms with Crippen molar-refractivity contribution < 1.29 is 9.59 Å². The van der Waals surface area contributed by atoms with Gasteiger partial charge in [0.15, 0.2) is 5.78 Å². The van der Waals surface area contributed by atoms with Crippen LogP contribution in [0.2, 0.25) is 0 Å². The number of carbonyl (C=O) groups excluding carboxylic acids is 2. The number of amides is 1. The highest BCUT2D eigenvalue weighted by Crippen LogP contribution is 2.36. The predicted octanol–water partition coefficient (Wildman–Crippen LogP) is 9.96. The van der Waals surface area contributed by atoms with E-state index in [1.54, 1.807) is 0 Å². The molecule has 5 rings (SSSR count). The molecule has 0 aliphatic carbocycles. The number of rotatable bonds is 16. The SMILES string of the molecule is CCCC(CCC)C(=O)c1c(C#N)ccc(Cn2cc(C3CCN(C(=O)C(CCC)CCC)C3)c3ccccc32)c1Cc1ccc(C#N)cc1. The number of ketones is 1. The first-order valence-corrected chi connectivity index (χ1v) is 18.8. The molecule has 1 aromatic heterocycles. The molecule has 0 saturated carbocycles.